The predicted molar refractivity (Wildman–Crippen MR) is 37.3 cm³/mol. The van der Waals surface area contributed by atoms with Crippen LogP contribution < -0.4 is 0 Å². The zero-order valence-electron chi connectivity index (χ0n) is 6.45. The van der Waals surface area contributed by atoms with E-state index in [4.69, 9.17) is 25.5 Å². The third-order valence-corrected chi connectivity index (χ3v) is 1.42. The molecule has 0 aromatic carbocycles. The summed E-state index contributed by atoms with van der Waals surface area (Å²) in [6, 6.07) is 0. The van der Waals surface area contributed by atoms with Gasteiger partial charge >= 0.3 is 5.97 Å². The largest absolute Gasteiger partial charge is 0.479 e. The maximum Gasteiger partial charge on any atom is 0.335 e. The number of aliphatic carboxylic acids is 1. The Morgan fingerprint density at radius 2 is 1.50 bits per heavy atom. The quantitative estimate of drug-likeness (QED) is 0.327. The molecule has 0 aromatic heterocycles. The number of aliphatic hydroxyl groups excluding tert-OH is 4. The molecule has 0 unspecified atom stereocenters. The average molecular weight is 180 g/mol. The molecule has 5 N–H and O–H groups in total. The number of carboxylic acid groups (broad SMARTS) is 1. The smallest absolute Gasteiger partial charge is 0.335 e. The van der Waals surface area contributed by atoms with Crippen molar-refractivity contribution >= 4 is 5.97 Å². The van der Waals surface area contributed by atoms with E-state index in [1.165, 1.54) is 6.92 Å². The Bertz CT molecular complexity index is 156. The van der Waals surface area contributed by atoms with Crippen molar-refractivity contribution in [3.8, 4) is 0 Å². The average Bonchev–Trinajstić information content (AvgIpc) is 2.00. The highest BCUT2D eigenvalue weighted by Gasteiger charge is 2.32. The summed E-state index contributed by atoms with van der Waals surface area (Å²) in [5, 5.41) is 43.4. The first-order valence-electron chi connectivity index (χ1n) is 3.33. The van der Waals surface area contributed by atoms with Crippen LogP contribution in [0.4, 0.5) is 0 Å². The molecular formula is C6H12O6. The van der Waals surface area contributed by atoms with Gasteiger partial charge in [-0.05, 0) is 6.92 Å². The molecule has 0 aliphatic rings. The van der Waals surface area contributed by atoms with Crippen molar-refractivity contribution in [1.82, 2.24) is 0 Å². The zero-order chi connectivity index (χ0) is 9.89. The van der Waals surface area contributed by atoms with Gasteiger partial charge in [-0.3, -0.25) is 0 Å². The van der Waals surface area contributed by atoms with Gasteiger partial charge in [-0.15, -0.1) is 0 Å². The van der Waals surface area contributed by atoms with Gasteiger partial charge in [0.1, 0.15) is 12.2 Å². The Hall–Kier alpha value is -0.690. The van der Waals surface area contributed by atoms with Crippen LogP contribution in [0.3, 0.4) is 0 Å². The van der Waals surface area contributed by atoms with E-state index in [9.17, 15) is 4.79 Å². The molecule has 0 spiro atoms. The van der Waals surface area contributed by atoms with Crippen molar-refractivity contribution in [2.75, 3.05) is 0 Å². The normalized spacial score (nSPS) is 21.1. The minimum absolute atomic E-state index is 1.17. The van der Waals surface area contributed by atoms with Crippen LogP contribution in [0.1, 0.15) is 6.92 Å². The third kappa shape index (κ3) is 2.74. The second-order valence-corrected chi connectivity index (χ2v) is 2.50. The lowest BCUT2D eigenvalue weighted by molar-refractivity contribution is -0.162. The first kappa shape index (κ1) is 11.3. The zero-order valence-corrected chi connectivity index (χ0v) is 6.45. The van der Waals surface area contributed by atoms with Gasteiger partial charge in [0.05, 0.1) is 6.10 Å². The third-order valence-electron chi connectivity index (χ3n) is 1.42. The maximum atomic E-state index is 10.1. The summed E-state index contributed by atoms with van der Waals surface area (Å²) in [4.78, 5) is 10.1. The van der Waals surface area contributed by atoms with Crippen molar-refractivity contribution in [2.24, 2.45) is 0 Å². The molecular weight excluding hydrogens is 168 g/mol. The van der Waals surface area contributed by atoms with E-state index >= 15 is 0 Å². The molecule has 0 fully saturated rings. The van der Waals surface area contributed by atoms with E-state index in [1.807, 2.05) is 0 Å². The van der Waals surface area contributed by atoms with Crippen molar-refractivity contribution in [3.63, 3.8) is 0 Å². The van der Waals surface area contributed by atoms with Crippen molar-refractivity contribution in [3.05, 3.63) is 0 Å². The van der Waals surface area contributed by atoms with Crippen LogP contribution in [0.5, 0.6) is 0 Å². The summed E-state index contributed by atoms with van der Waals surface area (Å²) >= 11 is 0. The highest BCUT2D eigenvalue weighted by atomic mass is 16.4. The standard InChI is InChI=1S/C6H12O6/c1-2(7)3(8)4(9)5(10)6(11)12/h2-5,7-10H,1H3,(H,11,12)/t2-,3+,4+,5+/m1/s1. The van der Waals surface area contributed by atoms with E-state index in [2.05, 4.69) is 0 Å². The van der Waals surface area contributed by atoms with E-state index in [0.29, 0.717) is 0 Å². The van der Waals surface area contributed by atoms with Crippen LogP contribution in [-0.2, 0) is 4.79 Å². The monoisotopic (exact) mass is 180 g/mol. The lowest BCUT2D eigenvalue weighted by atomic mass is 10.0. The van der Waals surface area contributed by atoms with Crippen LogP contribution in [0.2, 0.25) is 0 Å². The van der Waals surface area contributed by atoms with Crippen LogP contribution in [-0.4, -0.2) is 55.9 Å². The molecule has 0 aliphatic carbocycles. The Labute approximate surface area is 68.7 Å². The minimum atomic E-state index is -2.09. The van der Waals surface area contributed by atoms with Gasteiger partial charge in [0.2, 0.25) is 0 Å². The fourth-order valence-corrected chi connectivity index (χ4v) is 0.618. The van der Waals surface area contributed by atoms with Gasteiger partial charge < -0.3 is 25.5 Å². The highest BCUT2D eigenvalue weighted by molar-refractivity contribution is 5.72. The topological polar surface area (TPSA) is 118 Å². The Morgan fingerprint density at radius 1 is 1.08 bits per heavy atom. The van der Waals surface area contributed by atoms with E-state index in [0.717, 1.165) is 0 Å². The van der Waals surface area contributed by atoms with Crippen LogP contribution in [0, 0.1) is 0 Å². The van der Waals surface area contributed by atoms with Gasteiger partial charge in [-0.2, -0.15) is 0 Å². The molecule has 0 heterocycles. The SMILES string of the molecule is C[C@@H](O)[C@H](O)[C@H](O)[C@H](O)C(=O)O. The lowest BCUT2D eigenvalue weighted by Crippen LogP contribution is -2.46. The molecule has 0 rings (SSSR count). The molecule has 0 saturated heterocycles. The van der Waals surface area contributed by atoms with E-state index in [-0.39, 0.29) is 0 Å². The fourth-order valence-electron chi connectivity index (χ4n) is 0.618. The molecule has 0 saturated carbocycles. The summed E-state index contributed by atoms with van der Waals surface area (Å²) in [6.07, 6.45) is -6.94. The molecule has 0 aliphatic heterocycles. The summed E-state index contributed by atoms with van der Waals surface area (Å²) in [6.45, 7) is 1.17. The molecule has 12 heavy (non-hydrogen) atoms. The van der Waals surface area contributed by atoms with Crippen LogP contribution in [0.25, 0.3) is 0 Å². The fraction of sp³-hybridized carbons (Fsp3) is 0.833. The Morgan fingerprint density at radius 3 is 1.75 bits per heavy atom. The number of rotatable bonds is 4. The van der Waals surface area contributed by atoms with Crippen LogP contribution >= 0.6 is 0 Å². The number of carboxylic acids is 1. The molecule has 0 aromatic rings. The van der Waals surface area contributed by atoms with Gasteiger partial charge in [-0.25, -0.2) is 4.79 Å². The minimum Gasteiger partial charge on any atom is -0.479 e. The summed E-state index contributed by atoms with van der Waals surface area (Å²) in [7, 11) is 0. The van der Waals surface area contributed by atoms with Gasteiger partial charge in [0.25, 0.3) is 0 Å². The summed E-state index contributed by atoms with van der Waals surface area (Å²) < 4.78 is 0. The number of carbonyl (C=O) groups is 1. The first-order valence-corrected chi connectivity index (χ1v) is 3.33. The summed E-state index contributed by atoms with van der Waals surface area (Å²) in [5.74, 6) is -1.65. The molecule has 4 atom stereocenters. The highest BCUT2D eigenvalue weighted by Crippen LogP contribution is 2.04. The number of aliphatic hydroxyl groups is 4. The summed E-state index contributed by atoms with van der Waals surface area (Å²) in [5.41, 5.74) is 0. The van der Waals surface area contributed by atoms with Crippen molar-refractivity contribution in [2.45, 2.75) is 31.3 Å². The molecule has 0 amide bonds. The Balaban J connectivity index is 4.18. The van der Waals surface area contributed by atoms with Crippen molar-refractivity contribution < 1.29 is 30.3 Å². The van der Waals surface area contributed by atoms with Gasteiger partial charge in [0, 0.05) is 0 Å². The van der Waals surface area contributed by atoms with E-state index in [1.54, 1.807) is 0 Å². The van der Waals surface area contributed by atoms with Gasteiger partial charge in [-0.1, -0.05) is 0 Å². The Kier molecular flexibility index (Phi) is 4.11. The van der Waals surface area contributed by atoms with E-state index < -0.39 is 30.4 Å². The number of hydrogen-bond donors (Lipinski definition) is 5. The molecule has 72 valence electrons. The van der Waals surface area contributed by atoms with Crippen molar-refractivity contribution in [1.29, 1.82) is 0 Å². The second-order valence-electron chi connectivity index (χ2n) is 2.50. The predicted octanol–water partition coefficient (Wildman–Crippen LogP) is -2.47. The van der Waals surface area contributed by atoms with Crippen LogP contribution in [0.15, 0.2) is 0 Å². The molecule has 0 radical (unpaired) electrons. The lowest BCUT2D eigenvalue weighted by Gasteiger charge is -2.21. The second kappa shape index (κ2) is 4.36. The molecule has 6 nitrogen and oxygen atoms in total. The molecule has 6 heteroatoms. The first-order chi connectivity index (χ1) is 5.37. The number of hydrogen-bond acceptors (Lipinski definition) is 5. The van der Waals surface area contributed by atoms with Gasteiger partial charge in [0.15, 0.2) is 6.10 Å². The molecule has 0 bridgehead atoms. The maximum absolute atomic E-state index is 10.1.